The average Bonchev–Trinajstić information content (AvgIpc) is 3.13. The molecule has 1 N–H and O–H groups in total. The Bertz CT molecular complexity index is 1090. The van der Waals surface area contributed by atoms with Crippen LogP contribution in [0.1, 0.15) is 15.5 Å². The highest BCUT2D eigenvalue weighted by Crippen LogP contribution is 2.41. The monoisotopic (exact) mass is 436 g/mol. The molecule has 3 aromatic rings. The highest BCUT2D eigenvalue weighted by atomic mass is 35.5. The van der Waals surface area contributed by atoms with Gasteiger partial charge in [0.2, 0.25) is 5.76 Å². The summed E-state index contributed by atoms with van der Waals surface area (Å²) in [6.07, 6.45) is -4.72. The molecule has 0 amide bonds. The average molecular weight is 437 g/mol. The van der Waals surface area contributed by atoms with E-state index in [4.69, 9.17) is 11.6 Å². The van der Waals surface area contributed by atoms with Gasteiger partial charge in [0.15, 0.2) is 0 Å². The number of hydrogen-bond acceptors (Lipinski definition) is 5. The maximum atomic E-state index is 12.9. The van der Waals surface area contributed by atoms with Gasteiger partial charge in [0.25, 0.3) is 10.0 Å². The Morgan fingerprint density at radius 2 is 1.78 bits per heavy atom. The van der Waals surface area contributed by atoms with Crippen molar-refractivity contribution in [3.05, 3.63) is 50.9 Å². The Balaban J connectivity index is 2.08. The minimum atomic E-state index is -4.72. The summed E-state index contributed by atoms with van der Waals surface area (Å²) in [7, 11) is -4.09. The molecule has 0 aliphatic carbocycles. The Hall–Kier alpha value is -2.04. The molecule has 5 nitrogen and oxygen atoms in total. The van der Waals surface area contributed by atoms with Crippen molar-refractivity contribution in [1.82, 2.24) is 5.16 Å². The first-order valence-electron chi connectivity index (χ1n) is 7.41. The van der Waals surface area contributed by atoms with Crippen LogP contribution in [0.15, 0.2) is 39.8 Å². The number of halogens is 4. The van der Waals surface area contributed by atoms with Crippen LogP contribution in [-0.4, -0.2) is 13.6 Å². The predicted molar refractivity (Wildman–Crippen MR) is 96.6 cm³/mol. The molecule has 0 bridgehead atoms. The van der Waals surface area contributed by atoms with E-state index in [1.54, 1.807) is 13.8 Å². The van der Waals surface area contributed by atoms with Gasteiger partial charge in [0, 0.05) is 32.1 Å². The van der Waals surface area contributed by atoms with Crippen molar-refractivity contribution in [3.63, 3.8) is 0 Å². The fraction of sp³-hybridized carbons (Fsp3) is 0.188. The number of aromatic nitrogens is 1. The molecule has 0 spiro atoms. The number of nitrogens with one attached hydrogen (secondary N) is 1. The van der Waals surface area contributed by atoms with E-state index in [0.29, 0.717) is 20.8 Å². The quantitative estimate of drug-likeness (QED) is 0.586. The van der Waals surface area contributed by atoms with E-state index < -0.39 is 22.0 Å². The first kappa shape index (κ1) is 19.7. The molecule has 0 saturated heterocycles. The molecule has 0 aliphatic heterocycles. The highest BCUT2D eigenvalue weighted by Gasteiger charge is 2.37. The third-order valence-corrected chi connectivity index (χ3v) is 6.57. The molecule has 0 aliphatic rings. The zero-order chi connectivity index (χ0) is 20.0. The van der Waals surface area contributed by atoms with Crippen LogP contribution in [0, 0.1) is 13.8 Å². The predicted octanol–water partition coefficient (Wildman–Crippen LogP) is 5.49. The lowest BCUT2D eigenvalue weighted by atomic mass is 10.1. The van der Waals surface area contributed by atoms with Crippen LogP contribution in [0.3, 0.4) is 0 Å². The van der Waals surface area contributed by atoms with Crippen LogP contribution in [0.2, 0.25) is 5.02 Å². The van der Waals surface area contributed by atoms with Crippen molar-refractivity contribution in [3.8, 4) is 11.3 Å². The zero-order valence-electron chi connectivity index (χ0n) is 13.9. The number of benzene rings is 1. The normalized spacial score (nSPS) is 12.4. The van der Waals surface area contributed by atoms with Crippen molar-refractivity contribution < 1.29 is 26.1 Å². The fourth-order valence-corrected chi connectivity index (χ4v) is 5.59. The summed E-state index contributed by atoms with van der Waals surface area (Å²) in [5.74, 6) is -1.30. The first-order valence-corrected chi connectivity index (χ1v) is 10.1. The van der Waals surface area contributed by atoms with Crippen LogP contribution in [-0.2, 0) is 16.2 Å². The SMILES string of the molecule is Cc1sc(C)c(S(=O)(=O)Nc2ccc(Cl)cc2)c1-c1cc(C(F)(F)F)on1. The standard InChI is InChI=1S/C16H12ClF3N2O3S2/c1-8-14(12-7-13(25-21-12)16(18,19)20)15(9(2)26-8)27(23,24)22-11-5-3-10(17)4-6-11/h3-7,22H,1-2H3. The Morgan fingerprint density at radius 3 is 2.33 bits per heavy atom. The largest absolute Gasteiger partial charge is 0.452 e. The molecule has 0 atom stereocenters. The van der Waals surface area contributed by atoms with E-state index in [9.17, 15) is 21.6 Å². The van der Waals surface area contributed by atoms with Gasteiger partial charge in [-0.25, -0.2) is 8.42 Å². The summed E-state index contributed by atoms with van der Waals surface area (Å²) < 4.78 is 71.0. The highest BCUT2D eigenvalue weighted by molar-refractivity contribution is 7.93. The molecule has 2 heterocycles. The Kier molecular flexibility index (Phi) is 5.00. The van der Waals surface area contributed by atoms with E-state index in [1.807, 2.05) is 0 Å². The number of sulfonamides is 1. The van der Waals surface area contributed by atoms with E-state index in [2.05, 4.69) is 14.4 Å². The number of aryl methyl sites for hydroxylation is 2. The molecule has 11 heteroatoms. The van der Waals surface area contributed by atoms with Gasteiger partial charge in [-0.1, -0.05) is 16.8 Å². The number of rotatable bonds is 4. The maximum absolute atomic E-state index is 12.9. The maximum Gasteiger partial charge on any atom is 0.452 e. The fourth-order valence-electron chi connectivity index (χ4n) is 2.53. The second-order valence-corrected chi connectivity index (χ2v) is 9.09. The lowest BCUT2D eigenvalue weighted by molar-refractivity contribution is -0.155. The number of anilines is 1. The van der Waals surface area contributed by atoms with Crippen molar-refractivity contribution >= 4 is 38.6 Å². The van der Waals surface area contributed by atoms with Crippen LogP contribution in [0.4, 0.5) is 18.9 Å². The summed E-state index contributed by atoms with van der Waals surface area (Å²) in [5, 5.41) is 3.86. The zero-order valence-corrected chi connectivity index (χ0v) is 16.3. The minimum absolute atomic E-state index is 0.0817. The number of hydrogen-bond donors (Lipinski definition) is 1. The van der Waals surface area contributed by atoms with Crippen molar-refractivity contribution in [2.45, 2.75) is 24.9 Å². The van der Waals surface area contributed by atoms with Gasteiger partial charge >= 0.3 is 6.18 Å². The van der Waals surface area contributed by atoms with Crippen LogP contribution in [0.5, 0.6) is 0 Å². The first-order chi connectivity index (χ1) is 12.5. The van der Waals surface area contributed by atoms with Crippen LogP contribution < -0.4 is 4.72 Å². The Labute approximate surface area is 161 Å². The van der Waals surface area contributed by atoms with Gasteiger partial charge in [-0.2, -0.15) is 13.2 Å². The van der Waals surface area contributed by atoms with Gasteiger partial charge < -0.3 is 4.52 Å². The van der Waals surface area contributed by atoms with Gasteiger partial charge in [0.1, 0.15) is 10.6 Å². The summed E-state index contributed by atoms with van der Waals surface area (Å²) in [6.45, 7) is 3.18. The van der Waals surface area contributed by atoms with E-state index in [0.717, 1.165) is 11.3 Å². The molecule has 3 rings (SSSR count). The van der Waals surface area contributed by atoms with E-state index in [-0.39, 0.29) is 21.8 Å². The van der Waals surface area contributed by atoms with Crippen LogP contribution in [0.25, 0.3) is 11.3 Å². The van der Waals surface area contributed by atoms with Gasteiger partial charge in [-0.3, -0.25) is 4.72 Å². The molecular formula is C16H12ClF3N2O3S2. The summed E-state index contributed by atoms with van der Waals surface area (Å²) in [4.78, 5) is 0.786. The molecule has 0 unspecified atom stereocenters. The van der Waals surface area contributed by atoms with Gasteiger partial charge in [-0.05, 0) is 38.1 Å². The topological polar surface area (TPSA) is 72.2 Å². The molecule has 144 valence electrons. The van der Waals surface area contributed by atoms with Crippen molar-refractivity contribution in [2.75, 3.05) is 4.72 Å². The molecule has 0 radical (unpaired) electrons. The third-order valence-electron chi connectivity index (χ3n) is 3.62. The summed E-state index contributed by atoms with van der Waals surface area (Å²) in [6, 6.07) is 6.67. The lowest BCUT2D eigenvalue weighted by Crippen LogP contribution is -2.14. The van der Waals surface area contributed by atoms with E-state index >= 15 is 0 Å². The van der Waals surface area contributed by atoms with Gasteiger partial charge in [-0.15, -0.1) is 11.3 Å². The minimum Gasteiger partial charge on any atom is -0.351 e. The molecule has 27 heavy (non-hydrogen) atoms. The molecule has 0 fully saturated rings. The number of nitrogens with zero attached hydrogens (tertiary/aromatic N) is 1. The number of alkyl halides is 3. The molecule has 0 saturated carbocycles. The van der Waals surface area contributed by atoms with Crippen molar-refractivity contribution in [1.29, 1.82) is 0 Å². The second kappa shape index (κ2) is 6.84. The second-order valence-electron chi connectivity index (χ2n) is 5.61. The third kappa shape index (κ3) is 3.97. The molecular weight excluding hydrogens is 425 g/mol. The summed E-state index contributed by atoms with van der Waals surface area (Å²) >= 11 is 6.93. The Morgan fingerprint density at radius 1 is 1.15 bits per heavy atom. The summed E-state index contributed by atoms with van der Waals surface area (Å²) in [5.41, 5.74) is 0.156. The van der Waals surface area contributed by atoms with Crippen molar-refractivity contribution in [2.24, 2.45) is 0 Å². The van der Waals surface area contributed by atoms with Crippen LogP contribution >= 0.6 is 22.9 Å². The van der Waals surface area contributed by atoms with Gasteiger partial charge in [0.05, 0.1) is 0 Å². The lowest BCUT2D eigenvalue weighted by Gasteiger charge is -2.10. The molecule has 2 aromatic heterocycles. The van der Waals surface area contributed by atoms with E-state index in [1.165, 1.54) is 24.3 Å². The number of thiophene rings is 1. The smallest absolute Gasteiger partial charge is 0.351 e. The molecule has 1 aromatic carbocycles.